The molecular formula is C12H17N3O4. The Morgan fingerprint density at radius 3 is 2.63 bits per heavy atom. The van der Waals surface area contributed by atoms with Gasteiger partial charge in [-0.1, -0.05) is 0 Å². The summed E-state index contributed by atoms with van der Waals surface area (Å²) in [5.74, 6) is 0.164. The zero-order valence-electron chi connectivity index (χ0n) is 10.9. The van der Waals surface area contributed by atoms with Crippen molar-refractivity contribution in [2.45, 2.75) is 39.3 Å². The van der Waals surface area contributed by atoms with Crippen LogP contribution in [0.5, 0.6) is 0 Å². The third-order valence-corrected chi connectivity index (χ3v) is 3.12. The van der Waals surface area contributed by atoms with Gasteiger partial charge in [-0.2, -0.15) is 0 Å². The molecular weight excluding hydrogens is 250 g/mol. The first-order valence-electron chi connectivity index (χ1n) is 6.17. The first kappa shape index (κ1) is 13.4. The fraction of sp³-hybridized carbons (Fsp3) is 0.583. The molecule has 0 radical (unpaired) electrons. The molecule has 1 saturated carbocycles. The highest BCUT2D eigenvalue weighted by Gasteiger charge is 2.37. The van der Waals surface area contributed by atoms with Crippen LogP contribution < -0.4 is 10.6 Å². The fourth-order valence-corrected chi connectivity index (χ4v) is 1.77. The van der Waals surface area contributed by atoms with Crippen molar-refractivity contribution in [2.75, 3.05) is 0 Å². The molecule has 3 N–H and O–H groups in total. The molecule has 0 aromatic carbocycles. The molecule has 0 aliphatic heterocycles. The Hall–Kier alpha value is -2.05. The van der Waals surface area contributed by atoms with Gasteiger partial charge < -0.3 is 20.2 Å². The maximum atomic E-state index is 11.6. The zero-order chi connectivity index (χ0) is 14.0. The van der Waals surface area contributed by atoms with Gasteiger partial charge in [0.2, 0.25) is 5.89 Å². The van der Waals surface area contributed by atoms with Crippen LogP contribution in [0.4, 0.5) is 4.79 Å². The molecule has 1 heterocycles. The molecule has 2 rings (SSSR count). The standard InChI is InChI=1S/C12H17N3O4/c1-6-7(2)19-9(14-6)5-13-12(18)15-10(11(16)17)8-3-4-8/h8,10H,3-5H2,1-2H3,(H,16,17)(H2,13,15,18). The minimum Gasteiger partial charge on any atom is -0.480 e. The van der Waals surface area contributed by atoms with Crippen LogP contribution in [-0.2, 0) is 11.3 Å². The minimum atomic E-state index is -1.000. The molecule has 1 aliphatic rings. The van der Waals surface area contributed by atoms with E-state index in [-0.39, 0.29) is 12.5 Å². The second-order valence-corrected chi connectivity index (χ2v) is 4.73. The van der Waals surface area contributed by atoms with Crippen molar-refractivity contribution >= 4 is 12.0 Å². The summed E-state index contributed by atoms with van der Waals surface area (Å²) in [7, 11) is 0. The van der Waals surface area contributed by atoms with E-state index < -0.39 is 18.0 Å². The molecule has 2 amide bonds. The van der Waals surface area contributed by atoms with Gasteiger partial charge in [0.25, 0.3) is 0 Å². The van der Waals surface area contributed by atoms with Crippen LogP contribution in [0.2, 0.25) is 0 Å². The van der Waals surface area contributed by atoms with E-state index in [0.29, 0.717) is 11.7 Å². The topological polar surface area (TPSA) is 104 Å². The minimum absolute atomic E-state index is 0.0504. The molecule has 1 aliphatic carbocycles. The summed E-state index contributed by atoms with van der Waals surface area (Å²) < 4.78 is 5.31. The Morgan fingerprint density at radius 1 is 1.47 bits per heavy atom. The number of hydrogen-bond acceptors (Lipinski definition) is 4. The van der Waals surface area contributed by atoms with Crippen LogP contribution >= 0.6 is 0 Å². The van der Waals surface area contributed by atoms with Crippen LogP contribution in [0, 0.1) is 19.8 Å². The highest BCUT2D eigenvalue weighted by Crippen LogP contribution is 2.32. The summed E-state index contributed by atoms with van der Waals surface area (Å²) in [6, 6.07) is -1.33. The number of oxazole rings is 1. The number of aryl methyl sites for hydroxylation is 2. The van der Waals surface area contributed by atoms with E-state index in [0.717, 1.165) is 18.5 Å². The van der Waals surface area contributed by atoms with Crippen LogP contribution in [0.15, 0.2) is 4.42 Å². The lowest BCUT2D eigenvalue weighted by Crippen LogP contribution is -2.47. The van der Waals surface area contributed by atoms with Gasteiger partial charge in [-0.25, -0.2) is 14.6 Å². The van der Waals surface area contributed by atoms with Gasteiger partial charge in [0, 0.05) is 0 Å². The molecule has 1 fully saturated rings. The molecule has 104 valence electrons. The Morgan fingerprint density at radius 2 is 2.16 bits per heavy atom. The predicted octanol–water partition coefficient (Wildman–Crippen LogP) is 0.954. The summed E-state index contributed by atoms with van der Waals surface area (Å²) in [4.78, 5) is 26.7. The number of nitrogens with one attached hydrogen (secondary N) is 2. The zero-order valence-corrected chi connectivity index (χ0v) is 10.9. The lowest BCUT2D eigenvalue weighted by atomic mass is 10.2. The van der Waals surface area contributed by atoms with Crippen molar-refractivity contribution in [3.63, 3.8) is 0 Å². The third-order valence-electron chi connectivity index (χ3n) is 3.12. The van der Waals surface area contributed by atoms with Gasteiger partial charge in [0.15, 0.2) is 0 Å². The van der Waals surface area contributed by atoms with Gasteiger partial charge >= 0.3 is 12.0 Å². The maximum absolute atomic E-state index is 11.6. The third kappa shape index (κ3) is 3.46. The largest absolute Gasteiger partial charge is 0.480 e. The second kappa shape index (κ2) is 5.29. The molecule has 7 heteroatoms. The molecule has 0 spiro atoms. The number of hydrogen-bond donors (Lipinski definition) is 3. The van der Waals surface area contributed by atoms with Gasteiger partial charge in [-0.15, -0.1) is 0 Å². The van der Waals surface area contributed by atoms with E-state index in [2.05, 4.69) is 15.6 Å². The van der Waals surface area contributed by atoms with Crippen molar-refractivity contribution in [3.05, 3.63) is 17.3 Å². The highest BCUT2D eigenvalue weighted by molar-refractivity contribution is 5.82. The quantitative estimate of drug-likeness (QED) is 0.736. The van der Waals surface area contributed by atoms with Crippen LogP contribution in [0.3, 0.4) is 0 Å². The van der Waals surface area contributed by atoms with Gasteiger partial charge in [-0.05, 0) is 32.6 Å². The fourth-order valence-electron chi connectivity index (χ4n) is 1.77. The van der Waals surface area contributed by atoms with Crippen molar-refractivity contribution in [2.24, 2.45) is 5.92 Å². The second-order valence-electron chi connectivity index (χ2n) is 4.73. The molecule has 1 aromatic heterocycles. The number of carbonyl (C=O) groups is 2. The van der Waals surface area contributed by atoms with E-state index in [1.165, 1.54) is 0 Å². The van der Waals surface area contributed by atoms with Crippen molar-refractivity contribution in [1.82, 2.24) is 15.6 Å². The Kier molecular flexibility index (Phi) is 3.73. The number of carboxylic acid groups (broad SMARTS) is 1. The smallest absolute Gasteiger partial charge is 0.326 e. The lowest BCUT2D eigenvalue weighted by Gasteiger charge is -2.13. The number of amides is 2. The van der Waals surface area contributed by atoms with Crippen molar-refractivity contribution < 1.29 is 19.1 Å². The number of rotatable bonds is 5. The van der Waals surface area contributed by atoms with E-state index in [1.807, 2.05) is 6.92 Å². The van der Waals surface area contributed by atoms with Gasteiger partial charge in [-0.3, -0.25) is 0 Å². The summed E-state index contributed by atoms with van der Waals surface area (Å²) in [6.07, 6.45) is 1.69. The Balaban J connectivity index is 1.82. The molecule has 19 heavy (non-hydrogen) atoms. The number of carboxylic acids is 1. The number of aliphatic carboxylic acids is 1. The first-order valence-corrected chi connectivity index (χ1v) is 6.17. The summed E-state index contributed by atoms with van der Waals surface area (Å²) >= 11 is 0. The van der Waals surface area contributed by atoms with E-state index >= 15 is 0 Å². The molecule has 1 aromatic rings. The average Bonchev–Trinajstić information content (AvgIpc) is 3.11. The molecule has 1 unspecified atom stereocenters. The van der Waals surface area contributed by atoms with Crippen LogP contribution in [-0.4, -0.2) is 28.1 Å². The summed E-state index contributed by atoms with van der Waals surface area (Å²) in [5.41, 5.74) is 0.776. The molecule has 0 saturated heterocycles. The van der Waals surface area contributed by atoms with Crippen LogP contribution in [0.1, 0.15) is 30.2 Å². The van der Waals surface area contributed by atoms with Crippen molar-refractivity contribution in [3.8, 4) is 0 Å². The molecule has 1 atom stereocenters. The molecule has 0 bridgehead atoms. The van der Waals surface area contributed by atoms with E-state index in [9.17, 15) is 9.59 Å². The highest BCUT2D eigenvalue weighted by atomic mass is 16.4. The summed E-state index contributed by atoms with van der Waals surface area (Å²) in [5, 5.41) is 14.0. The number of carbonyl (C=O) groups excluding carboxylic acids is 1. The number of nitrogens with zero attached hydrogens (tertiary/aromatic N) is 1. The maximum Gasteiger partial charge on any atom is 0.326 e. The first-order chi connectivity index (χ1) is 8.97. The predicted molar refractivity (Wildman–Crippen MR) is 65.5 cm³/mol. The van der Waals surface area contributed by atoms with Gasteiger partial charge in [0.1, 0.15) is 11.8 Å². The normalized spacial score (nSPS) is 15.9. The summed E-state index contributed by atoms with van der Waals surface area (Å²) in [6.45, 7) is 3.74. The number of aromatic nitrogens is 1. The van der Waals surface area contributed by atoms with Crippen LogP contribution in [0.25, 0.3) is 0 Å². The molecule has 7 nitrogen and oxygen atoms in total. The Labute approximate surface area is 110 Å². The monoisotopic (exact) mass is 267 g/mol. The average molecular weight is 267 g/mol. The van der Waals surface area contributed by atoms with Crippen molar-refractivity contribution in [1.29, 1.82) is 0 Å². The van der Waals surface area contributed by atoms with E-state index in [4.69, 9.17) is 9.52 Å². The van der Waals surface area contributed by atoms with E-state index in [1.54, 1.807) is 6.92 Å². The Bertz CT molecular complexity index is 474. The van der Waals surface area contributed by atoms with Gasteiger partial charge in [0.05, 0.1) is 12.2 Å². The lowest BCUT2D eigenvalue weighted by molar-refractivity contribution is -0.139. The number of urea groups is 1. The SMILES string of the molecule is Cc1nc(CNC(=O)NC(C(=O)O)C2CC2)oc1C.